The van der Waals surface area contributed by atoms with Gasteiger partial charge < -0.3 is 5.73 Å². The zero-order valence-corrected chi connectivity index (χ0v) is 14.2. The first-order valence-corrected chi connectivity index (χ1v) is 9.14. The molecule has 1 fully saturated rings. The number of benzene rings is 1. The zero-order valence-electron chi connectivity index (χ0n) is 11.8. The summed E-state index contributed by atoms with van der Waals surface area (Å²) < 4.78 is 28.2. The number of hydrogen-bond acceptors (Lipinski definition) is 3. The van der Waals surface area contributed by atoms with E-state index in [1.165, 1.54) is 6.07 Å². The molecule has 0 amide bonds. The molecule has 0 spiro atoms. The Balaban J connectivity index is 2.13. The summed E-state index contributed by atoms with van der Waals surface area (Å²) in [6, 6.07) is 4.72. The average molecular weight is 361 g/mol. The monoisotopic (exact) mass is 360 g/mol. The van der Waals surface area contributed by atoms with Gasteiger partial charge in [-0.25, -0.2) is 13.1 Å². The highest BCUT2D eigenvalue weighted by Gasteiger charge is 2.28. The van der Waals surface area contributed by atoms with E-state index in [1.807, 2.05) is 0 Å². The van der Waals surface area contributed by atoms with Crippen LogP contribution < -0.4 is 10.5 Å². The number of hydrogen-bond donors (Lipinski definition) is 2. The molecule has 0 aliphatic heterocycles. The van der Waals surface area contributed by atoms with Gasteiger partial charge in [-0.3, -0.25) is 0 Å². The third-order valence-corrected chi connectivity index (χ3v) is 6.41. The van der Waals surface area contributed by atoms with Crippen molar-refractivity contribution in [3.63, 3.8) is 0 Å². The van der Waals surface area contributed by atoms with Gasteiger partial charge in [0, 0.05) is 16.2 Å². The summed E-state index contributed by atoms with van der Waals surface area (Å²) in [7, 11) is -3.48. The molecule has 112 valence electrons. The highest BCUT2D eigenvalue weighted by atomic mass is 79.9. The van der Waals surface area contributed by atoms with E-state index in [1.54, 1.807) is 12.1 Å². The van der Waals surface area contributed by atoms with Crippen LogP contribution in [0.25, 0.3) is 0 Å². The van der Waals surface area contributed by atoms with Gasteiger partial charge in [0.05, 0.1) is 4.90 Å². The van der Waals surface area contributed by atoms with Crippen LogP contribution in [0.5, 0.6) is 0 Å². The fourth-order valence-electron chi connectivity index (χ4n) is 2.62. The average Bonchev–Trinajstić information content (AvgIpc) is 2.37. The summed E-state index contributed by atoms with van der Waals surface area (Å²) in [4.78, 5) is 0.254. The minimum absolute atomic E-state index is 0.0301. The summed E-state index contributed by atoms with van der Waals surface area (Å²) in [6.45, 7) is 4.41. The molecule has 0 saturated heterocycles. The molecule has 1 saturated carbocycles. The zero-order chi connectivity index (χ0) is 14.9. The van der Waals surface area contributed by atoms with Crippen LogP contribution in [0.3, 0.4) is 0 Å². The molecule has 3 N–H and O–H groups in total. The Kier molecular flexibility index (Phi) is 4.76. The molecule has 3 unspecified atom stereocenters. The maximum atomic E-state index is 12.4. The number of nitrogens with two attached hydrogens (primary N) is 1. The fraction of sp³-hybridized carbons (Fsp3) is 0.571. The van der Waals surface area contributed by atoms with Crippen LogP contribution in [-0.2, 0) is 10.0 Å². The second-order valence-corrected chi connectivity index (χ2v) is 8.34. The lowest BCUT2D eigenvalue weighted by Gasteiger charge is -2.32. The molecule has 1 aromatic rings. The Morgan fingerprint density at radius 1 is 1.25 bits per heavy atom. The van der Waals surface area contributed by atoms with Crippen LogP contribution in [0, 0.1) is 11.8 Å². The van der Waals surface area contributed by atoms with Gasteiger partial charge in [0.1, 0.15) is 0 Å². The minimum Gasteiger partial charge on any atom is -0.398 e. The van der Waals surface area contributed by atoms with Gasteiger partial charge in [-0.1, -0.05) is 13.8 Å². The molecule has 0 aromatic heterocycles. The largest absolute Gasteiger partial charge is 0.398 e. The highest BCUT2D eigenvalue weighted by Crippen LogP contribution is 2.30. The topological polar surface area (TPSA) is 72.2 Å². The molecule has 6 heteroatoms. The first-order valence-electron chi connectivity index (χ1n) is 6.87. The van der Waals surface area contributed by atoms with Gasteiger partial charge in [-0.05, 0) is 65.2 Å². The summed E-state index contributed by atoms with van der Waals surface area (Å²) in [5, 5.41) is 0. The van der Waals surface area contributed by atoms with Crippen LogP contribution in [0.1, 0.15) is 33.1 Å². The lowest BCUT2D eigenvalue weighted by molar-refractivity contribution is 0.242. The van der Waals surface area contributed by atoms with Gasteiger partial charge in [-0.2, -0.15) is 0 Å². The van der Waals surface area contributed by atoms with Gasteiger partial charge in [-0.15, -0.1) is 0 Å². The second kappa shape index (κ2) is 6.03. The van der Waals surface area contributed by atoms with Crippen molar-refractivity contribution in [2.24, 2.45) is 11.8 Å². The molecule has 0 radical (unpaired) electrons. The summed E-state index contributed by atoms with van der Waals surface area (Å²) in [5.74, 6) is 1.22. The van der Waals surface area contributed by atoms with Crippen molar-refractivity contribution >= 4 is 31.6 Å². The maximum absolute atomic E-state index is 12.4. The SMILES string of the molecule is CC1CCC(NS(=O)(=O)c2ccc(N)c(Br)c2)CC1C. The normalized spacial score (nSPS) is 27.4. The highest BCUT2D eigenvalue weighted by molar-refractivity contribution is 9.10. The van der Waals surface area contributed by atoms with Crippen molar-refractivity contribution in [3.8, 4) is 0 Å². The number of nitrogens with one attached hydrogen (secondary N) is 1. The molecule has 0 bridgehead atoms. The molecule has 20 heavy (non-hydrogen) atoms. The smallest absolute Gasteiger partial charge is 0.240 e. The second-order valence-electron chi connectivity index (χ2n) is 5.77. The maximum Gasteiger partial charge on any atom is 0.240 e. The van der Waals surface area contributed by atoms with Crippen molar-refractivity contribution in [1.82, 2.24) is 4.72 Å². The molecule has 3 atom stereocenters. The number of anilines is 1. The molecule has 0 heterocycles. The van der Waals surface area contributed by atoms with E-state index < -0.39 is 10.0 Å². The molecule has 1 aliphatic rings. The Morgan fingerprint density at radius 3 is 2.55 bits per heavy atom. The van der Waals surface area contributed by atoms with Crippen molar-refractivity contribution in [1.29, 1.82) is 0 Å². The van der Waals surface area contributed by atoms with Crippen molar-refractivity contribution in [2.75, 3.05) is 5.73 Å². The molecule has 2 rings (SSSR count). The fourth-order valence-corrected chi connectivity index (χ4v) is 4.46. The van der Waals surface area contributed by atoms with Crippen molar-refractivity contribution in [2.45, 2.75) is 44.0 Å². The number of sulfonamides is 1. The van der Waals surface area contributed by atoms with E-state index in [-0.39, 0.29) is 10.9 Å². The van der Waals surface area contributed by atoms with E-state index in [0.29, 0.717) is 22.0 Å². The quantitative estimate of drug-likeness (QED) is 0.813. The van der Waals surface area contributed by atoms with E-state index >= 15 is 0 Å². The van der Waals surface area contributed by atoms with Gasteiger partial charge >= 0.3 is 0 Å². The summed E-state index contributed by atoms with van der Waals surface area (Å²) in [5.41, 5.74) is 6.22. The minimum atomic E-state index is -3.48. The first-order chi connectivity index (χ1) is 9.29. The predicted molar refractivity (Wildman–Crippen MR) is 84.8 cm³/mol. The van der Waals surface area contributed by atoms with Crippen LogP contribution in [0.15, 0.2) is 27.6 Å². The first kappa shape index (κ1) is 15.8. The standard InChI is InChI=1S/C14H21BrN2O2S/c1-9-3-4-11(7-10(9)2)17-20(18,19)12-5-6-14(16)13(15)8-12/h5-6,8-11,17H,3-4,7,16H2,1-2H3. The van der Waals surface area contributed by atoms with Crippen LogP contribution in [-0.4, -0.2) is 14.5 Å². The molecule has 4 nitrogen and oxygen atoms in total. The van der Waals surface area contributed by atoms with Crippen molar-refractivity contribution in [3.05, 3.63) is 22.7 Å². The van der Waals surface area contributed by atoms with Gasteiger partial charge in [0.15, 0.2) is 0 Å². The number of rotatable bonds is 3. The molecule has 1 aromatic carbocycles. The van der Waals surface area contributed by atoms with Gasteiger partial charge in [0.2, 0.25) is 10.0 Å². The van der Waals surface area contributed by atoms with E-state index in [9.17, 15) is 8.42 Å². The van der Waals surface area contributed by atoms with Crippen molar-refractivity contribution < 1.29 is 8.42 Å². The van der Waals surface area contributed by atoms with Crippen LogP contribution >= 0.6 is 15.9 Å². The van der Waals surface area contributed by atoms with E-state index in [2.05, 4.69) is 34.5 Å². The number of nitrogen functional groups attached to an aromatic ring is 1. The van der Waals surface area contributed by atoms with Crippen LogP contribution in [0.4, 0.5) is 5.69 Å². The Labute approximate surface area is 129 Å². The van der Waals surface area contributed by atoms with E-state index in [0.717, 1.165) is 19.3 Å². The predicted octanol–water partition coefficient (Wildman–Crippen LogP) is 3.13. The Morgan fingerprint density at radius 2 is 1.95 bits per heavy atom. The Hall–Kier alpha value is -0.590. The molecular weight excluding hydrogens is 340 g/mol. The van der Waals surface area contributed by atoms with Gasteiger partial charge in [0.25, 0.3) is 0 Å². The molecular formula is C14H21BrN2O2S. The summed E-state index contributed by atoms with van der Waals surface area (Å²) >= 11 is 3.26. The Bertz CT molecular complexity index is 589. The third kappa shape index (κ3) is 3.54. The third-order valence-electron chi connectivity index (χ3n) is 4.20. The number of halogens is 1. The van der Waals surface area contributed by atoms with Crippen LogP contribution in [0.2, 0.25) is 0 Å². The molecule has 1 aliphatic carbocycles. The summed E-state index contributed by atoms with van der Waals surface area (Å²) in [6.07, 6.45) is 2.87. The van der Waals surface area contributed by atoms with E-state index in [4.69, 9.17) is 5.73 Å². The lowest BCUT2D eigenvalue weighted by Crippen LogP contribution is -2.39. The lowest BCUT2D eigenvalue weighted by atomic mass is 9.79.